The van der Waals surface area contributed by atoms with E-state index < -0.39 is 0 Å². The third-order valence-electron chi connectivity index (χ3n) is 4.28. The van der Waals surface area contributed by atoms with Crippen molar-refractivity contribution < 1.29 is 4.39 Å². The Morgan fingerprint density at radius 3 is 2.70 bits per heavy atom. The molecule has 1 aliphatic carbocycles. The van der Waals surface area contributed by atoms with E-state index in [1.54, 1.807) is 12.1 Å². The van der Waals surface area contributed by atoms with Gasteiger partial charge in [-0.15, -0.1) is 0 Å². The van der Waals surface area contributed by atoms with Crippen molar-refractivity contribution in [3.8, 4) is 0 Å². The summed E-state index contributed by atoms with van der Waals surface area (Å²) in [7, 11) is 0. The Labute approximate surface area is 126 Å². The summed E-state index contributed by atoms with van der Waals surface area (Å²) in [6, 6.07) is 5.04. The summed E-state index contributed by atoms with van der Waals surface area (Å²) in [6.45, 7) is 3.04. The minimum Gasteiger partial charge on any atom is -0.310 e. The molecular formula is C17H25ClFN. The normalized spacial score (nSPS) is 18.1. The first-order chi connectivity index (χ1) is 9.72. The summed E-state index contributed by atoms with van der Waals surface area (Å²) >= 11 is 6.24. The third-order valence-corrected chi connectivity index (χ3v) is 4.61. The molecular weight excluding hydrogens is 273 g/mol. The van der Waals surface area contributed by atoms with Crippen LogP contribution in [0.15, 0.2) is 18.2 Å². The molecule has 1 nitrogen and oxygen atoms in total. The monoisotopic (exact) mass is 297 g/mol. The van der Waals surface area contributed by atoms with E-state index in [-0.39, 0.29) is 11.9 Å². The zero-order valence-electron chi connectivity index (χ0n) is 12.3. The Bertz CT molecular complexity index is 395. The smallest absolute Gasteiger partial charge is 0.129 e. The van der Waals surface area contributed by atoms with Gasteiger partial charge in [0.25, 0.3) is 0 Å². The maximum Gasteiger partial charge on any atom is 0.129 e. The van der Waals surface area contributed by atoms with Crippen LogP contribution in [0.2, 0.25) is 5.02 Å². The van der Waals surface area contributed by atoms with Crippen LogP contribution in [0, 0.1) is 11.7 Å². The lowest BCUT2D eigenvalue weighted by Crippen LogP contribution is -2.26. The molecule has 1 unspecified atom stereocenters. The fourth-order valence-corrected chi connectivity index (χ4v) is 3.52. The highest BCUT2D eigenvalue weighted by atomic mass is 35.5. The first-order valence-corrected chi connectivity index (χ1v) is 8.27. The Kier molecular flexibility index (Phi) is 6.31. The topological polar surface area (TPSA) is 12.0 Å². The van der Waals surface area contributed by atoms with Crippen LogP contribution >= 0.6 is 11.6 Å². The highest BCUT2D eigenvalue weighted by molar-refractivity contribution is 6.31. The van der Waals surface area contributed by atoms with Gasteiger partial charge >= 0.3 is 0 Å². The fraction of sp³-hybridized carbons (Fsp3) is 0.647. The first-order valence-electron chi connectivity index (χ1n) is 7.89. The van der Waals surface area contributed by atoms with E-state index in [9.17, 15) is 4.39 Å². The highest BCUT2D eigenvalue weighted by Crippen LogP contribution is 2.35. The van der Waals surface area contributed by atoms with E-state index in [4.69, 9.17) is 11.6 Å². The number of benzene rings is 1. The maximum absolute atomic E-state index is 14.2. The van der Waals surface area contributed by atoms with Gasteiger partial charge in [-0.25, -0.2) is 4.39 Å². The largest absolute Gasteiger partial charge is 0.310 e. The highest BCUT2D eigenvalue weighted by Gasteiger charge is 2.23. The van der Waals surface area contributed by atoms with Gasteiger partial charge < -0.3 is 5.32 Å². The summed E-state index contributed by atoms with van der Waals surface area (Å²) in [4.78, 5) is 0. The maximum atomic E-state index is 14.2. The third kappa shape index (κ3) is 4.20. The van der Waals surface area contributed by atoms with Gasteiger partial charge in [-0.05, 0) is 37.4 Å². The molecule has 1 aliphatic rings. The summed E-state index contributed by atoms with van der Waals surface area (Å²) in [5, 5.41) is 4.04. The van der Waals surface area contributed by atoms with E-state index in [2.05, 4.69) is 12.2 Å². The summed E-state index contributed by atoms with van der Waals surface area (Å²) in [5.74, 6) is 0.524. The number of rotatable bonds is 6. The van der Waals surface area contributed by atoms with Gasteiger partial charge in [0.1, 0.15) is 5.82 Å². The number of hydrogen-bond acceptors (Lipinski definition) is 1. The van der Waals surface area contributed by atoms with Crippen molar-refractivity contribution in [2.24, 2.45) is 5.92 Å². The average Bonchev–Trinajstić information content (AvgIpc) is 2.45. The molecule has 1 atom stereocenters. The molecule has 1 aromatic rings. The van der Waals surface area contributed by atoms with Crippen molar-refractivity contribution in [2.75, 3.05) is 6.54 Å². The quantitative estimate of drug-likeness (QED) is 0.732. The van der Waals surface area contributed by atoms with Crippen LogP contribution in [-0.2, 0) is 0 Å². The van der Waals surface area contributed by atoms with Crippen LogP contribution < -0.4 is 5.32 Å². The molecule has 3 heteroatoms. The minimum atomic E-state index is -0.179. The predicted octanol–water partition coefficient (Wildman–Crippen LogP) is 5.49. The SMILES string of the molecule is CCCNC(CC1CCCCC1)c1c(F)cccc1Cl. The van der Waals surface area contributed by atoms with E-state index in [0.717, 1.165) is 19.4 Å². The van der Waals surface area contributed by atoms with Gasteiger partial charge in [-0.1, -0.05) is 56.7 Å². The zero-order chi connectivity index (χ0) is 14.4. The van der Waals surface area contributed by atoms with Crippen molar-refractivity contribution in [3.05, 3.63) is 34.6 Å². The molecule has 1 fully saturated rings. The van der Waals surface area contributed by atoms with Crippen molar-refractivity contribution in [2.45, 2.75) is 57.9 Å². The van der Waals surface area contributed by atoms with E-state index >= 15 is 0 Å². The van der Waals surface area contributed by atoms with Crippen LogP contribution in [0.1, 0.15) is 63.5 Å². The van der Waals surface area contributed by atoms with Crippen LogP contribution in [-0.4, -0.2) is 6.54 Å². The lowest BCUT2D eigenvalue weighted by Gasteiger charge is -2.28. The van der Waals surface area contributed by atoms with Crippen molar-refractivity contribution in [3.63, 3.8) is 0 Å². The summed E-state index contributed by atoms with van der Waals surface area (Å²) < 4.78 is 14.2. The molecule has 0 amide bonds. The first kappa shape index (κ1) is 15.8. The van der Waals surface area contributed by atoms with Gasteiger partial charge in [-0.3, -0.25) is 0 Å². The molecule has 0 aliphatic heterocycles. The van der Waals surface area contributed by atoms with Crippen molar-refractivity contribution in [1.82, 2.24) is 5.32 Å². The van der Waals surface area contributed by atoms with Crippen LogP contribution in [0.3, 0.4) is 0 Å². The molecule has 0 saturated heterocycles. The number of halogens is 2. The van der Waals surface area contributed by atoms with Gasteiger partial charge in [0.2, 0.25) is 0 Å². The molecule has 112 valence electrons. The number of hydrogen-bond donors (Lipinski definition) is 1. The van der Waals surface area contributed by atoms with E-state index in [1.165, 1.54) is 38.2 Å². The Morgan fingerprint density at radius 1 is 1.30 bits per heavy atom. The van der Waals surface area contributed by atoms with E-state index in [0.29, 0.717) is 16.5 Å². The molecule has 20 heavy (non-hydrogen) atoms. The second-order valence-corrected chi connectivity index (χ2v) is 6.29. The predicted molar refractivity (Wildman–Crippen MR) is 83.6 cm³/mol. The van der Waals surface area contributed by atoms with Gasteiger partial charge in [0, 0.05) is 16.6 Å². The minimum absolute atomic E-state index is 0.0479. The molecule has 1 N–H and O–H groups in total. The fourth-order valence-electron chi connectivity index (χ4n) is 3.22. The molecule has 1 saturated carbocycles. The summed E-state index contributed by atoms with van der Waals surface area (Å²) in [5.41, 5.74) is 0.660. The average molecular weight is 298 g/mol. The lowest BCUT2D eigenvalue weighted by molar-refractivity contribution is 0.297. The summed E-state index contributed by atoms with van der Waals surface area (Å²) in [6.07, 6.45) is 8.58. The number of nitrogens with one attached hydrogen (secondary N) is 1. The lowest BCUT2D eigenvalue weighted by atomic mass is 9.83. The molecule has 0 heterocycles. The van der Waals surface area contributed by atoms with Crippen LogP contribution in [0.4, 0.5) is 4.39 Å². The Morgan fingerprint density at radius 2 is 2.05 bits per heavy atom. The zero-order valence-corrected chi connectivity index (χ0v) is 13.1. The second kappa shape index (κ2) is 7.99. The Hall–Kier alpha value is -0.600. The molecule has 0 radical (unpaired) electrons. The molecule has 0 spiro atoms. The van der Waals surface area contributed by atoms with Crippen molar-refractivity contribution in [1.29, 1.82) is 0 Å². The van der Waals surface area contributed by atoms with Crippen molar-refractivity contribution >= 4 is 11.6 Å². The Balaban J connectivity index is 2.13. The molecule has 0 aromatic heterocycles. The van der Waals surface area contributed by atoms with Gasteiger partial charge in [-0.2, -0.15) is 0 Å². The van der Waals surface area contributed by atoms with Crippen LogP contribution in [0.25, 0.3) is 0 Å². The van der Waals surface area contributed by atoms with Gasteiger partial charge in [0.05, 0.1) is 0 Å². The van der Waals surface area contributed by atoms with Crippen LogP contribution in [0.5, 0.6) is 0 Å². The molecule has 2 rings (SSSR count). The standard InChI is InChI=1S/C17H25ClFN/c1-2-11-20-16(12-13-7-4-3-5-8-13)17-14(18)9-6-10-15(17)19/h6,9-10,13,16,20H,2-5,7-8,11-12H2,1H3. The van der Waals surface area contributed by atoms with Gasteiger partial charge in [0.15, 0.2) is 0 Å². The second-order valence-electron chi connectivity index (χ2n) is 5.88. The molecule has 1 aromatic carbocycles. The van der Waals surface area contributed by atoms with E-state index in [1.807, 2.05) is 0 Å². The molecule has 0 bridgehead atoms.